The molecule has 1 aliphatic rings. The molecule has 1 aromatic carbocycles. The summed E-state index contributed by atoms with van der Waals surface area (Å²) in [6, 6.07) is 6.04. The number of hydrogen-bond donors (Lipinski definition) is 2. The molecule has 0 radical (unpaired) electrons. The first-order valence-electron chi connectivity index (χ1n) is 6.15. The Kier molecular flexibility index (Phi) is 4.29. The molecule has 1 aliphatic heterocycles. The van der Waals surface area contributed by atoms with Crippen LogP contribution >= 0.6 is 11.8 Å². The van der Waals surface area contributed by atoms with Gasteiger partial charge in [-0.2, -0.15) is 0 Å². The van der Waals surface area contributed by atoms with Gasteiger partial charge in [0.25, 0.3) is 11.1 Å². The fourth-order valence-electron chi connectivity index (χ4n) is 1.82. The average molecular weight is 294 g/mol. The first-order valence-corrected chi connectivity index (χ1v) is 7.02. The molecule has 6 nitrogen and oxygen atoms in total. The Hall–Kier alpha value is -2.02. The molecule has 1 atom stereocenters. The quantitative estimate of drug-likeness (QED) is 0.866. The number of anilines is 1. The second-order valence-electron chi connectivity index (χ2n) is 4.28. The van der Waals surface area contributed by atoms with Crippen LogP contribution in [0.2, 0.25) is 0 Å². The van der Waals surface area contributed by atoms with Crippen LogP contribution in [0.4, 0.5) is 10.5 Å². The van der Waals surface area contributed by atoms with Crippen LogP contribution in [0.5, 0.6) is 0 Å². The maximum Gasteiger partial charge on any atom is 0.335 e. The van der Waals surface area contributed by atoms with Crippen molar-refractivity contribution in [3.63, 3.8) is 0 Å². The lowest BCUT2D eigenvalue weighted by Gasteiger charge is -2.13. The van der Waals surface area contributed by atoms with E-state index in [-0.39, 0.29) is 16.7 Å². The maximum atomic E-state index is 12.0. The Morgan fingerprint density at radius 1 is 1.35 bits per heavy atom. The van der Waals surface area contributed by atoms with E-state index in [0.29, 0.717) is 12.2 Å². The van der Waals surface area contributed by atoms with Crippen molar-refractivity contribution >= 4 is 34.6 Å². The van der Waals surface area contributed by atoms with Crippen LogP contribution in [-0.2, 0) is 4.79 Å². The van der Waals surface area contributed by atoms with Crippen LogP contribution in [0.3, 0.4) is 0 Å². The highest BCUT2D eigenvalue weighted by Gasteiger charge is 2.38. The Bertz CT molecular complexity index is 544. The van der Waals surface area contributed by atoms with Crippen molar-refractivity contribution < 1.29 is 19.5 Å². The fraction of sp³-hybridized carbons (Fsp3) is 0.308. The van der Waals surface area contributed by atoms with Crippen molar-refractivity contribution in [3.05, 3.63) is 29.8 Å². The number of carbonyl (C=O) groups is 3. The molecule has 20 heavy (non-hydrogen) atoms. The van der Waals surface area contributed by atoms with Crippen molar-refractivity contribution in [2.75, 3.05) is 11.9 Å². The largest absolute Gasteiger partial charge is 0.478 e. The third-order valence-corrected chi connectivity index (χ3v) is 3.78. The van der Waals surface area contributed by atoms with Gasteiger partial charge in [0.05, 0.1) is 5.56 Å². The van der Waals surface area contributed by atoms with Gasteiger partial charge in [-0.1, -0.05) is 6.92 Å². The molecule has 106 valence electrons. The fourth-order valence-corrected chi connectivity index (χ4v) is 2.76. The van der Waals surface area contributed by atoms with E-state index in [0.717, 1.165) is 18.2 Å². The zero-order valence-corrected chi connectivity index (χ0v) is 11.6. The second-order valence-corrected chi connectivity index (χ2v) is 5.34. The highest BCUT2D eigenvalue weighted by atomic mass is 32.2. The van der Waals surface area contributed by atoms with E-state index in [4.69, 9.17) is 5.11 Å². The van der Waals surface area contributed by atoms with E-state index >= 15 is 0 Å². The topological polar surface area (TPSA) is 86.7 Å². The van der Waals surface area contributed by atoms with Gasteiger partial charge in [0.2, 0.25) is 0 Å². The zero-order valence-electron chi connectivity index (χ0n) is 10.8. The molecule has 2 amide bonds. The summed E-state index contributed by atoms with van der Waals surface area (Å²) in [5.41, 5.74) is 0.775. The Labute approximate surface area is 120 Å². The lowest BCUT2D eigenvalue weighted by Crippen LogP contribution is -2.34. The summed E-state index contributed by atoms with van der Waals surface area (Å²) < 4.78 is 0. The van der Waals surface area contributed by atoms with Gasteiger partial charge in [0, 0.05) is 12.2 Å². The molecule has 2 N–H and O–H groups in total. The van der Waals surface area contributed by atoms with Crippen LogP contribution in [-0.4, -0.2) is 39.0 Å². The summed E-state index contributed by atoms with van der Waals surface area (Å²) >= 11 is 0.937. The van der Waals surface area contributed by atoms with Gasteiger partial charge in [-0.05, 0) is 42.4 Å². The van der Waals surface area contributed by atoms with Crippen molar-refractivity contribution in [2.45, 2.75) is 18.7 Å². The number of carboxylic acids is 1. The average Bonchev–Trinajstić information content (AvgIpc) is 2.67. The third-order valence-electron chi connectivity index (χ3n) is 2.81. The van der Waals surface area contributed by atoms with Gasteiger partial charge in [0.15, 0.2) is 5.37 Å². The van der Waals surface area contributed by atoms with Crippen molar-refractivity contribution in [1.29, 1.82) is 0 Å². The zero-order chi connectivity index (χ0) is 14.7. The summed E-state index contributed by atoms with van der Waals surface area (Å²) in [6.45, 7) is 2.32. The normalized spacial score (nSPS) is 18.4. The monoisotopic (exact) mass is 294 g/mol. The number of benzene rings is 1. The van der Waals surface area contributed by atoms with Crippen LogP contribution in [0.15, 0.2) is 24.3 Å². The number of hydrogen-bond acceptors (Lipinski definition) is 5. The number of nitrogens with one attached hydrogen (secondary N) is 1. The van der Waals surface area contributed by atoms with E-state index in [1.807, 2.05) is 6.92 Å². The maximum absolute atomic E-state index is 12.0. The van der Waals surface area contributed by atoms with Crippen LogP contribution in [0, 0.1) is 0 Å². The Morgan fingerprint density at radius 3 is 2.55 bits per heavy atom. The molecule has 0 aliphatic carbocycles. The first kappa shape index (κ1) is 14.4. The molecule has 0 bridgehead atoms. The smallest absolute Gasteiger partial charge is 0.335 e. The van der Waals surface area contributed by atoms with E-state index < -0.39 is 11.3 Å². The van der Waals surface area contributed by atoms with Crippen LogP contribution in [0.25, 0.3) is 0 Å². The number of thioether (sulfide) groups is 1. The number of carbonyl (C=O) groups excluding carboxylic acids is 2. The van der Waals surface area contributed by atoms with E-state index in [2.05, 4.69) is 5.32 Å². The van der Waals surface area contributed by atoms with Gasteiger partial charge in [0.1, 0.15) is 0 Å². The summed E-state index contributed by atoms with van der Waals surface area (Å²) in [7, 11) is 0. The predicted octanol–water partition coefficient (Wildman–Crippen LogP) is 2.23. The number of aromatic carboxylic acids is 1. The molecule has 0 spiro atoms. The molecular formula is C13H14N2O4S. The number of imide groups is 1. The summed E-state index contributed by atoms with van der Waals surface area (Å²) in [6.07, 6.45) is 0.720. The second kappa shape index (κ2) is 5.96. The Morgan fingerprint density at radius 2 is 2.00 bits per heavy atom. The third kappa shape index (κ3) is 2.93. The predicted molar refractivity (Wildman–Crippen MR) is 75.8 cm³/mol. The van der Waals surface area contributed by atoms with Crippen molar-refractivity contribution in [2.24, 2.45) is 0 Å². The van der Waals surface area contributed by atoms with Crippen LogP contribution < -0.4 is 5.32 Å². The van der Waals surface area contributed by atoms with Crippen LogP contribution in [0.1, 0.15) is 23.7 Å². The van der Waals surface area contributed by atoms with E-state index in [9.17, 15) is 14.4 Å². The van der Waals surface area contributed by atoms with Crippen molar-refractivity contribution in [1.82, 2.24) is 4.90 Å². The summed E-state index contributed by atoms with van der Waals surface area (Å²) in [5.74, 6) is -1.27. The van der Waals surface area contributed by atoms with E-state index in [1.165, 1.54) is 17.0 Å². The van der Waals surface area contributed by atoms with E-state index in [1.54, 1.807) is 12.1 Å². The van der Waals surface area contributed by atoms with Crippen molar-refractivity contribution in [3.8, 4) is 0 Å². The molecule has 1 fully saturated rings. The molecule has 2 rings (SSSR count). The molecule has 0 aromatic heterocycles. The molecule has 0 saturated carbocycles. The molecule has 7 heteroatoms. The number of nitrogens with zero attached hydrogens (tertiary/aromatic N) is 1. The summed E-state index contributed by atoms with van der Waals surface area (Å²) in [4.78, 5) is 35.6. The van der Waals surface area contributed by atoms with Gasteiger partial charge >= 0.3 is 5.97 Å². The first-order chi connectivity index (χ1) is 9.52. The number of amides is 2. The molecule has 1 unspecified atom stereocenters. The Balaban J connectivity index is 2.05. The highest BCUT2D eigenvalue weighted by Crippen LogP contribution is 2.28. The van der Waals surface area contributed by atoms with Gasteiger partial charge in [-0.25, -0.2) is 4.79 Å². The molecular weight excluding hydrogens is 280 g/mol. The minimum Gasteiger partial charge on any atom is -0.478 e. The number of carboxylic acid groups (broad SMARTS) is 1. The minimum atomic E-state index is -1.01. The minimum absolute atomic E-state index is 0.171. The highest BCUT2D eigenvalue weighted by molar-refractivity contribution is 8.15. The molecule has 1 aromatic rings. The molecule has 1 saturated heterocycles. The lowest BCUT2D eigenvalue weighted by atomic mass is 10.2. The SMILES string of the molecule is CCCN1C(=O)SC(Nc2ccc(C(=O)O)cc2)C1=O. The summed E-state index contributed by atoms with van der Waals surface area (Å²) in [5, 5.41) is 10.8. The number of rotatable bonds is 5. The van der Waals surface area contributed by atoms with Gasteiger partial charge in [-0.15, -0.1) is 0 Å². The lowest BCUT2D eigenvalue weighted by molar-refractivity contribution is -0.126. The van der Waals surface area contributed by atoms with Gasteiger partial charge < -0.3 is 10.4 Å². The molecule has 1 heterocycles. The van der Waals surface area contributed by atoms with Gasteiger partial charge in [-0.3, -0.25) is 14.5 Å². The standard InChI is InChI=1S/C13H14N2O4S/c1-2-7-15-11(16)10(20-13(15)19)14-9-5-3-8(4-6-9)12(17)18/h3-6,10,14H,2,7H2,1H3,(H,17,18).